The molecule has 0 radical (unpaired) electrons. The fourth-order valence-corrected chi connectivity index (χ4v) is 4.16. The van der Waals surface area contributed by atoms with Gasteiger partial charge in [0.05, 0.1) is 5.69 Å². The molecule has 0 amide bonds. The summed E-state index contributed by atoms with van der Waals surface area (Å²) in [5, 5.41) is 12.4. The van der Waals surface area contributed by atoms with Crippen molar-refractivity contribution in [1.82, 2.24) is 24.6 Å². The highest BCUT2D eigenvalue weighted by Crippen LogP contribution is 2.28. The van der Waals surface area contributed by atoms with Gasteiger partial charge in [-0.2, -0.15) is 16.3 Å². The summed E-state index contributed by atoms with van der Waals surface area (Å²) >= 11 is 4.93. The Balaban J connectivity index is 1.49. The van der Waals surface area contributed by atoms with E-state index in [1.54, 1.807) is 45.1 Å². The molecule has 4 aromatic heterocycles. The van der Waals surface area contributed by atoms with E-state index in [1.165, 1.54) is 5.56 Å². The molecule has 21 heavy (non-hydrogen) atoms. The van der Waals surface area contributed by atoms with E-state index in [2.05, 4.69) is 42.3 Å². The molecule has 0 fully saturated rings. The molecule has 0 aliphatic carbocycles. The van der Waals surface area contributed by atoms with Gasteiger partial charge in [0, 0.05) is 34.5 Å². The molecule has 0 spiro atoms. The van der Waals surface area contributed by atoms with E-state index in [9.17, 15) is 0 Å². The van der Waals surface area contributed by atoms with Gasteiger partial charge in [0.15, 0.2) is 0 Å². The average molecular weight is 331 g/mol. The summed E-state index contributed by atoms with van der Waals surface area (Å²) in [6.45, 7) is 0. The lowest BCUT2D eigenvalue weighted by Gasteiger charge is -1.92. The predicted octanol–water partition coefficient (Wildman–Crippen LogP) is 3.60. The fraction of sp³-hybridized carbons (Fsp3) is 0.0769. The van der Waals surface area contributed by atoms with Gasteiger partial charge in [-0.25, -0.2) is 14.5 Å². The van der Waals surface area contributed by atoms with Crippen molar-refractivity contribution in [2.45, 2.75) is 10.9 Å². The van der Waals surface area contributed by atoms with Gasteiger partial charge in [-0.3, -0.25) is 0 Å². The maximum atomic E-state index is 4.65. The molecule has 0 aliphatic rings. The molecule has 0 aromatic carbocycles. The first kappa shape index (κ1) is 12.9. The highest BCUT2D eigenvalue weighted by atomic mass is 32.2. The second-order valence-corrected chi connectivity index (χ2v) is 6.78. The second kappa shape index (κ2) is 5.55. The number of hydrogen-bond donors (Lipinski definition) is 0. The van der Waals surface area contributed by atoms with Crippen molar-refractivity contribution >= 4 is 40.2 Å². The molecule has 0 saturated heterocycles. The molecule has 4 rings (SSSR count). The minimum absolute atomic E-state index is 0.622. The number of nitrogens with zero attached hydrogens (tertiary/aromatic N) is 5. The van der Waals surface area contributed by atoms with Gasteiger partial charge in [-0.05, 0) is 17.5 Å². The molecule has 0 bridgehead atoms. The van der Waals surface area contributed by atoms with Crippen LogP contribution in [0.15, 0.2) is 45.8 Å². The van der Waals surface area contributed by atoms with Crippen LogP contribution < -0.4 is 0 Å². The van der Waals surface area contributed by atoms with E-state index < -0.39 is 0 Å². The van der Waals surface area contributed by atoms with Gasteiger partial charge in [-0.15, -0.1) is 16.4 Å². The highest BCUT2D eigenvalue weighted by Gasteiger charge is 2.08. The molecule has 0 N–H and O–H groups in total. The lowest BCUT2D eigenvalue weighted by atomic mass is 10.4. The smallest absolute Gasteiger partial charge is 0.240 e. The minimum atomic E-state index is 0.622. The molecule has 0 aliphatic heterocycles. The SMILES string of the molecule is c1cnc2nc(SCc3csc(-c4ccsc4)n3)nn2c1. The average Bonchev–Trinajstić information content (AvgIpc) is 3.23. The largest absolute Gasteiger partial charge is 0.253 e. The van der Waals surface area contributed by atoms with E-state index in [-0.39, 0.29) is 0 Å². The Labute approximate surface area is 132 Å². The summed E-state index contributed by atoms with van der Waals surface area (Å²) < 4.78 is 1.68. The van der Waals surface area contributed by atoms with E-state index in [0.29, 0.717) is 5.78 Å². The Kier molecular flexibility index (Phi) is 3.42. The first-order valence-electron chi connectivity index (χ1n) is 6.16. The molecule has 0 atom stereocenters. The van der Waals surface area contributed by atoms with Crippen molar-refractivity contribution in [3.05, 3.63) is 46.4 Å². The van der Waals surface area contributed by atoms with Gasteiger partial charge in [0.25, 0.3) is 5.78 Å². The topological polar surface area (TPSA) is 56.0 Å². The Hall–Kier alpha value is -1.77. The third-order valence-electron chi connectivity index (χ3n) is 2.77. The Morgan fingerprint density at radius 1 is 1.24 bits per heavy atom. The van der Waals surface area contributed by atoms with E-state index in [4.69, 9.17) is 0 Å². The molecular weight excluding hydrogens is 322 g/mol. The first-order valence-corrected chi connectivity index (χ1v) is 8.96. The van der Waals surface area contributed by atoms with Gasteiger partial charge in [0.1, 0.15) is 5.01 Å². The van der Waals surface area contributed by atoms with Crippen LogP contribution in [0.1, 0.15) is 5.69 Å². The summed E-state index contributed by atoms with van der Waals surface area (Å²) in [5.74, 6) is 1.38. The van der Waals surface area contributed by atoms with Crippen molar-refractivity contribution in [2.75, 3.05) is 0 Å². The van der Waals surface area contributed by atoms with E-state index >= 15 is 0 Å². The zero-order valence-corrected chi connectivity index (χ0v) is 13.2. The summed E-state index contributed by atoms with van der Waals surface area (Å²) in [6.07, 6.45) is 3.56. The summed E-state index contributed by atoms with van der Waals surface area (Å²) in [6, 6.07) is 3.93. The van der Waals surface area contributed by atoms with Gasteiger partial charge >= 0.3 is 0 Å². The van der Waals surface area contributed by atoms with Crippen LogP contribution in [0.4, 0.5) is 0 Å². The van der Waals surface area contributed by atoms with Crippen molar-refractivity contribution in [1.29, 1.82) is 0 Å². The Morgan fingerprint density at radius 2 is 2.24 bits per heavy atom. The first-order chi connectivity index (χ1) is 10.4. The molecular formula is C13H9N5S3. The molecule has 4 aromatic rings. The van der Waals surface area contributed by atoms with Crippen LogP contribution in [0.3, 0.4) is 0 Å². The summed E-state index contributed by atoms with van der Waals surface area (Å²) in [7, 11) is 0. The van der Waals surface area contributed by atoms with Crippen LogP contribution in [-0.4, -0.2) is 24.6 Å². The van der Waals surface area contributed by atoms with Gasteiger partial charge in [-0.1, -0.05) is 11.8 Å². The normalized spacial score (nSPS) is 11.2. The number of hydrogen-bond acceptors (Lipinski definition) is 7. The summed E-state index contributed by atoms with van der Waals surface area (Å²) in [5.41, 5.74) is 2.24. The molecule has 8 heteroatoms. The van der Waals surface area contributed by atoms with Crippen LogP contribution in [0.25, 0.3) is 16.3 Å². The van der Waals surface area contributed by atoms with Gasteiger partial charge in [0.2, 0.25) is 5.16 Å². The number of fused-ring (bicyclic) bond motifs is 1. The molecule has 4 heterocycles. The van der Waals surface area contributed by atoms with Crippen molar-refractivity contribution in [2.24, 2.45) is 0 Å². The van der Waals surface area contributed by atoms with Crippen molar-refractivity contribution in [3.63, 3.8) is 0 Å². The zero-order valence-electron chi connectivity index (χ0n) is 10.7. The predicted molar refractivity (Wildman–Crippen MR) is 85.8 cm³/mol. The monoisotopic (exact) mass is 331 g/mol. The van der Waals surface area contributed by atoms with Crippen molar-refractivity contribution in [3.8, 4) is 10.6 Å². The van der Waals surface area contributed by atoms with Crippen LogP contribution in [-0.2, 0) is 5.75 Å². The number of rotatable bonds is 4. The van der Waals surface area contributed by atoms with Crippen LogP contribution in [0.5, 0.6) is 0 Å². The Morgan fingerprint density at radius 3 is 3.10 bits per heavy atom. The molecule has 104 valence electrons. The van der Waals surface area contributed by atoms with E-state index in [1.807, 2.05) is 12.3 Å². The van der Waals surface area contributed by atoms with E-state index in [0.717, 1.165) is 21.6 Å². The highest BCUT2D eigenvalue weighted by molar-refractivity contribution is 7.98. The van der Waals surface area contributed by atoms with Crippen LogP contribution in [0, 0.1) is 0 Å². The summed E-state index contributed by atoms with van der Waals surface area (Å²) in [4.78, 5) is 13.2. The van der Waals surface area contributed by atoms with Crippen LogP contribution in [0.2, 0.25) is 0 Å². The van der Waals surface area contributed by atoms with Crippen molar-refractivity contribution < 1.29 is 0 Å². The number of thiophene rings is 1. The molecule has 0 saturated carbocycles. The number of thiazole rings is 1. The minimum Gasteiger partial charge on any atom is -0.240 e. The molecule has 5 nitrogen and oxygen atoms in total. The lowest BCUT2D eigenvalue weighted by Crippen LogP contribution is -1.87. The third-order valence-corrected chi connectivity index (χ3v) is 5.26. The van der Waals surface area contributed by atoms with Crippen LogP contribution >= 0.6 is 34.4 Å². The maximum absolute atomic E-state index is 4.65. The zero-order chi connectivity index (χ0) is 14.1. The Bertz CT molecular complexity index is 832. The second-order valence-electron chi connectivity index (χ2n) is 4.20. The fourth-order valence-electron chi connectivity index (χ4n) is 1.81. The maximum Gasteiger partial charge on any atom is 0.253 e. The number of thioether (sulfide) groups is 1. The standard InChI is InChI=1S/C13H9N5S3/c1-3-14-12-16-13(17-18(12)4-1)21-8-10-7-20-11(15-10)9-2-5-19-6-9/h1-7H,8H2. The van der Waals surface area contributed by atoms with Gasteiger partial charge < -0.3 is 0 Å². The quantitative estimate of drug-likeness (QED) is 0.535. The number of aromatic nitrogens is 5. The molecule has 0 unspecified atom stereocenters. The lowest BCUT2D eigenvalue weighted by molar-refractivity contribution is 0.879. The third kappa shape index (κ3) is 2.69.